The molecule has 1 rings (SSSR count). The second-order valence-corrected chi connectivity index (χ2v) is 92.6. The fraction of sp³-hybridized carbons (Fsp3) is 0.958. The first-order valence-corrected chi connectivity index (χ1v) is 72.8. The summed E-state index contributed by atoms with van der Waals surface area (Å²) in [5.74, 6) is 0.682. The van der Waals surface area contributed by atoms with Crippen LogP contribution < -0.4 is 0 Å². The first-order chi connectivity index (χ1) is 40.2. The molecule has 92 heavy (non-hydrogen) atoms. The quantitative estimate of drug-likeness (QED) is 0.0310. The largest absolute Gasteiger partial charge is 0.465 e. The summed E-state index contributed by atoms with van der Waals surface area (Å²) in [5.41, 5.74) is 0.654. The molecule has 3 atom stereocenters. The van der Waals surface area contributed by atoms with Crippen molar-refractivity contribution in [2.45, 2.75) is 411 Å². The van der Waals surface area contributed by atoms with E-state index in [4.69, 9.17) is 30.7 Å². The van der Waals surface area contributed by atoms with Crippen LogP contribution in [0.5, 0.6) is 0 Å². The maximum absolute atomic E-state index is 12.3. The Hall–Kier alpha value is 0.636. The van der Waals surface area contributed by atoms with Gasteiger partial charge < -0.3 is 30.7 Å². The molecule has 1 heterocycles. The highest BCUT2D eigenvalue weighted by Gasteiger charge is 2.45. The Balaban J connectivity index is -0.000000333. The molecule has 0 spiro atoms. The van der Waals surface area contributed by atoms with Gasteiger partial charge in [0.05, 0.1) is 37.0 Å². The van der Waals surface area contributed by atoms with Crippen LogP contribution in [0.3, 0.4) is 0 Å². The molecule has 21 heteroatoms. The van der Waals surface area contributed by atoms with Crippen molar-refractivity contribution in [2.24, 2.45) is 22.2 Å². The van der Waals surface area contributed by atoms with Gasteiger partial charge in [0.2, 0.25) is 0 Å². The Labute approximate surface area is 589 Å². The topological polar surface area (TPSA) is 116 Å². The Morgan fingerprint density at radius 1 is 0.467 bits per heavy atom. The van der Waals surface area contributed by atoms with Crippen molar-refractivity contribution in [1.29, 1.82) is 0 Å². The third-order valence-corrected chi connectivity index (χ3v) is 55.8. The van der Waals surface area contributed by atoms with Crippen LogP contribution in [0.1, 0.15) is 170 Å². The summed E-state index contributed by atoms with van der Waals surface area (Å²) in [6, 6.07) is 6.42. The summed E-state index contributed by atoms with van der Waals surface area (Å²) in [7, 11) is -15.1. The van der Waals surface area contributed by atoms with E-state index >= 15 is 0 Å². The normalized spacial score (nSPS) is 16.6. The van der Waals surface area contributed by atoms with Crippen LogP contribution in [0, 0.1) is 22.2 Å². The number of hydrogen-bond donors (Lipinski definition) is 0. The van der Waals surface area contributed by atoms with Gasteiger partial charge in [0, 0.05) is 28.2 Å². The van der Waals surface area contributed by atoms with Gasteiger partial charge in [-0.15, -0.1) is 0 Å². The predicted octanol–water partition coefficient (Wildman–Crippen LogP) is 25.4. The van der Waals surface area contributed by atoms with Gasteiger partial charge >= 0.3 is 17.9 Å². The maximum atomic E-state index is 12.3. The third kappa shape index (κ3) is 50.9. The van der Waals surface area contributed by atoms with Gasteiger partial charge in [-0.1, -0.05) is 155 Å². The molecule has 0 aromatic carbocycles. The van der Waals surface area contributed by atoms with E-state index in [1.807, 2.05) is 62.3 Å². The van der Waals surface area contributed by atoms with Crippen molar-refractivity contribution < 1.29 is 45.1 Å². The predicted molar refractivity (Wildman–Crippen MR) is 441 cm³/mol. The SMILES string of the molecule is CCC(C)(C)C(=O)OC(C[Si](C)(C)C)C[Si](C)(C)C.CCC(C)(C)C(=O)OC1C[Si](C)(C)O[Si](C)(C)C1.CCC(C)(C)C(=O)OCCC[Si](C)(C)O[Si](C)(C)C.CCC(C)C[Si](C)(C)O[Si](C)(C)C.CCC(C)[Si](C)(C)C(C)(C)C.CCC(C)[Si](C)(C)O[Si](C)(C)C. The molecular weight excluding hydrogens is 1320 g/mol. The lowest BCUT2D eigenvalue weighted by Gasteiger charge is -2.43. The highest BCUT2D eigenvalue weighted by atomic mass is 28.4. The summed E-state index contributed by atoms with van der Waals surface area (Å²) in [5, 5.41) is 0.558. The zero-order valence-corrected chi connectivity index (χ0v) is 81.9. The van der Waals surface area contributed by atoms with Gasteiger partial charge in [0.25, 0.3) is 0 Å². The van der Waals surface area contributed by atoms with E-state index in [0.717, 1.165) is 72.9 Å². The van der Waals surface area contributed by atoms with E-state index in [9.17, 15) is 14.4 Å². The standard InChI is InChI=1S/C15H34O2Si2.C14H32O3Si2.C13H28O3Si2.C10H26OSi2.C10H24Si.C9H24OSi2/c1-10-15(2,3)14(16)17-13(11-18(4,5)6)12-19(7,8)9;1-9-14(2,3)13(15)16-11-10-12-19(7,8)17-18(4,5)6;1-8-13(2,3)12(14)15-11-9-17(4,5)16-18(6,7)10-11;1-8-10(2)9-13(6,7)11-12(3,4)5;1-8-9(2)11(6,7)10(3,4)5;1-8-9(2)12(6,7)10-11(3,4)5/h13H,10-12H2,1-9H3;9-12H2,1-8H3;11H,8-10H2,1-7H3;10H,8-9H2,1-7H3;9H,8H2,1-7H3;9H,8H2,1-7H3. The minimum atomic E-state index is -1.64. The lowest BCUT2D eigenvalue weighted by molar-refractivity contribution is -0.159. The Kier molecular flexibility index (Phi) is 45.0. The molecule has 0 saturated carbocycles. The molecule has 1 aliphatic rings. The number of carbonyl (C=O) groups is 3. The Bertz CT molecular complexity index is 2020. The molecule has 3 unspecified atom stereocenters. The van der Waals surface area contributed by atoms with Crippen LogP contribution in [0.4, 0.5) is 0 Å². The minimum Gasteiger partial charge on any atom is -0.465 e. The van der Waals surface area contributed by atoms with Gasteiger partial charge in [0.15, 0.2) is 66.5 Å². The van der Waals surface area contributed by atoms with E-state index in [-0.39, 0.29) is 46.4 Å². The lowest BCUT2D eigenvalue weighted by atomic mass is 9.90. The number of hydrogen-bond acceptors (Lipinski definition) is 10. The maximum Gasteiger partial charge on any atom is 0.311 e. The molecule has 1 aliphatic heterocycles. The lowest BCUT2D eigenvalue weighted by Crippen LogP contribution is -2.54. The summed E-state index contributed by atoms with van der Waals surface area (Å²) < 4.78 is 42.1. The molecule has 1 fully saturated rings. The molecule has 10 nitrogen and oxygen atoms in total. The first kappa shape index (κ1) is 101. The number of carbonyl (C=O) groups excluding carboxylic acids is 3. The molecular formula is C71H168O10Si11. The molecule has 0 aromatic heterocycles. The summed E-state index contributed by atoms with van der Waals surface area (Å²) in [4.78, 5) is 36.3. The second-order valence-electron chi connectivity index (χ2n) is 39.6. The average molecular weight is 1490 g/mol. The van der Waals surface area contributed by atoms with Crippen molar-refractivity contribution in [3.8, 4) is 0 Å². The van der Waals surface area contributed by atoms with Crippen molar-refractivity contribution in [2.75, 3.05) is 6.61 Å². The van der Waals surface area contributed by atoms with E-state index in [1.54, 1.807) is 0 Å². The zero-order chi connectivity index (χ0) is 75.0. The third-order valence-electron chi connectivity index (χ3n) is 18.5. The number of ether oxygens (including phenoxy) is 3. The molecule has 0 amide bonds. The van der Waals surface area contributed by atoms with Crippen LogP contribution in [-0.4, -0.2) is 127 Å². The summed E-state index contributed by atoms with van der Waals surface area (Å²) in [6.07, 6.45) is 7.47. The highest BCUT2D eigenvalue weighted by Crippen LogP contribution is 2.44. The van der Waals surface area contributed by atoms with Gasteiger partial charge in [-0.25, -0.2) is 0 Å². The monoisotopic (exact) mass is 1490 g/mol. The fourth-order valence-electron chi connectivity index (χ4n) is 10.9. The van der Waals surface area contributed by atoms with Crippen LogP contribution in [0.15, 0.2) is 0 Å². The van der Waals surface area contributed by atoms with Crippen LogP contribution in [-0.2, 0) is 45.1 Å². The minimum absolute atomic E-state index is 0.0171. The number of rotatable bonds is 29. The Morgan fingerprint density at radius 3 is 1.12 bits per heavy atom. The highest BCUT2D eigenvalue weighted by molar-refractivity contribution is 6.87. The van der Waals surface area contributed by atoms with Crippen molar-refractivity contribution in [1.82, 2.24) is 0 Å². The van der Waals surface area contributed by atoms with Crippen molar-refractivity contribution in [3.63, 3.8) is 0 Å². The molecule has 0 aromatic rings. The van der Waals surface area contributed by atoms with Crippen molar-refractivity contribution in [3.05, 3.63) is 0 Å². The summed E-state index contributed by atoms with van der Waals surface area (Å²) >= 11 is 0. The molecule has 0 radical (unpaired) electrons. The van der Waals surface area contributed by atoms with Crippen LogP contribution in [0.2, 0.25) is 229 Å². The first-order valence-electron chi connectivity index (χ1n) is 36.6. The molecule has 0 bridgehead atoms. The van der Waals surface area contributed by atoms with Gasteiger partial charge in [0.1, 0.15) is 6.10 Å². The molecule has 0 aliphatic carbocycles. The summed E-state index contributed by atoms with van der Waals surface area (Å²) in [6.45, 7) is 102. The van der Waals surface area contributed by atoms with Crippen LogP contribution >= 0.6 is 0 Å². The van der Waals surface area contributed by atoms with Gasteiger partial charge in [-0.05, 0) is 238 Å². The van der Waals surface area contributed by atoms with E-state index in [1.165, 1.54) is 25.3 Å². The fourth-order valence-corrected chi connectivity index (χ4v) is 51.5. The van der Waals surface area contributed by atoms with E-state index < -0.39 is 90.8 Å². The van der Waals surface area contributed by atoms with Gasteiger partial charge in [-0.2, -0.15) is 0 Å². The average Bonchev–Trinajstić information content (AvgIpc) is 0.825. The zero-order valence-electron chi connectivity index (χ0n) is 70.9. The molecule has 556 valence electrons. The van der Waals surface area contributed by atoms with Crippen LogP contribution in [0.25, 0.3) is 0 Å². The molecule has 1 saturated heterocycles. The van der Waals surface area contributed by atoms with Crippen molar-refractivity contribution >= 4 is 109 Å². The Morgan fingerprint density at radius 2 is 0.815 bits per heavy atom. The second kappa shape index (κ2) is 40.9. The smallest absolute Gasteiger partial charge is 0.311 e. The molecule has 0 N–H and O–H groups in total. The number of esters is 3. The van der Waals surface area contributed by atoms with Gasteiger partial charge in [-0.3, -0.25) is 14.4 Å². The van der Waals surface area contributed by atoms with E-state index in [2.05, 4.69) is 239 Å². The van der Waals surface area contributed by atoms with E-state index in [0.29, 0.717) is 11.6 Å².